The number of rotatable bonds is 5. The molecule has 2 rings (SSSR count). The van der Waals surface area contributed by atoms with Crippen LogP contribution in [0.4, 0.5) is 0 Å². The number of ether oxygens (including phenoxy) is 3. The van der Waals surface area contributed by atoms with Gasteiger partial charge in [0, 0.05) is 12.5 Å². The van der Waals surface area contributed by atoms with Crippen LogP contribution in [0.3, 0.4) is 0 Å². The molecule has 0 radical (unpaired) electrons. The van der Waals surface area contributed by atoms with Crippen LogP contribution >= 0.6 is 0 Å². The lowest BCUT2D eigenvalue weighted by molar-refractivity contribution is 0.0287. The molecule has 1 saturated heterocycles. The molecule has 1 fully saturated rings. The van der Waals surface area contributed by atoms with E-state index in [1.54, 1.807) is 14.2 Å². The monoisotopic (exact) mass is 266 g/mol. The van der Waals surface area contributed by atoms with Crippen LogP contribution < -0.4 is 9.47 Å². The number of aliphatic hydroxyl groups is 1. The fourth-order valence-electron chi connectivity index (χ4n) is 2.83. The van der Waals surface area contributed by atoms with E-state index in [0.717, 1.165) is 18.4 Å². The zero-order valence-corrected chi connectivity index (χ0v) is 11.8. The normalized spacial score (nSPS) is 24.2. The van der Waals surface area contributed by atoms with Gasteiger partial charge in [-0.3, -0.25) is 0 Å². The van der Waals surface area contributed by atoms with Crippen LogP contribution in [-0.4, -0.2) is 32.0 Å². The minimum absolute atomic E-state index is 0.0928. The van der Waals surface area contributed by atoms with Crippen molar-refractivity contribution in [2.24, 2.45) is 5.92 Å². The Kier molecular flexibility index (Phi) is 4.66. The van der Waals surface area contributed by atoms with E-state index in [4.69, 9.17) is 14.2 Å². The number of hydrogen-bond acceptors (Lipinski definition) is 4. The summed E-state index contributed by atoms with van der Waals surface area (Å²) in [5.41, 5.74) is 0.724. The zero-order valence-electron chi connectivity index (χ0n) is 11.8. The van der Waals surface area contributed by atoms with Crippen molar-refractivity contribution in [3.8, 4) is 11.5 Å². The summed E-state index contributed by atoms with van der Waals surface area (Å²) in [5, 5.41) is 10.7. The van der Waals surface area contributed by atoms with Gasteiger partial charge in [-0.2, -0.15) is 0 Å². The highest BCUT2D eigenvalue weighted by Gasteiger charge is 2.36. The molecule has 0 amide bonds. The summed E-state index contributed by atoms with van der Waals surface area (Å²) >= 11 is 0. The Morgan fingerprint density at radius 3 is 2.47 bits per heavy atom. The second-order valence-electron chi connectivity index (χ2n) is 4.79. The lowest BCUT2D eigenvalue weighted by Gasteiger charge is -2.25. The highest BCUT2D eigenvalue weighted by molar-refractivity contribution is 5.46. The van der Waals surface area contributed by atoms with E-state index in [9.17, 15) is 5.11 Å². The van der Waals surface area contributed by atoms with Gasteiger partial charge in [0.15, 0.2) is 0 Å². The van der Waals surface area contributed by atoms with Crippen LogP contribution in [0.1, 0.15) is 31.4 Å². The number of hydrogen-bond donors (Lipinski definition) is 1. The zero-order chi connectivity index (χ0) is 13.8. The van der Waals surface area contributed by atoms with Gasteiger partial charge in [-0.05, 0) is 25.0 Å². The van der Waals surface area contributed by atoms with Crippen LogP contribution in [0.5, 0.6) is 11.5 Å². The van der Waals surface area contributed by atoms with E-state index in [2.05, 4.69) is 6.92 Å². The van der Waals surface area contributed by atoms with Crippen LogP contribution in [0, 0.1) is 5.92 Å². The third-order valence-corrected chi connectivity index (χ3v) is 3.83. The van der Waals surface area contributed by atoms with Crippen molar-refractivity contribution < 1.29 is 19.3 Å². The van der Waals surface area contributed by atoms with Gasteiger partial charge in [0.05, 0.1) is 32.0 Å². The summed E-state index contributed by atoms with van der Waals surface area (Å²) < 4.78 is 16.4. The summed E-state index contributed by atoms with van der Waals surface area (Å²) in [6.07, 6.45) is 1.24. The van der Waals surface area contributed by atoms with Gasteiger partial charge in [-0.25, -0.2) is 0 Å². The second-order valence-corrected chi connectivity index (χ2v) is 4.79. The molecule has 0 saturated carbocycles. The summed E-state index contributed by atoms with van der Waals surface area (Å²) in [6, 6.07) is 5.55. The number of aliphatic hydroxyl groups excluding tert-OH is 1. The van der Waals surface area contributed by atoms with Crippen molar-refractivity contribution in [1.29, 1.82) is 0 Å². The van der Waals surface area contributed by atoms with E-state index in [0.29, 0.717) is 18.1 Å². The Morgan fingerprint density at radius 2 is 1.95 bits per heavy atom. The Morgan fingerprint density at radius 1 is 1.32 bits per heavy atom. The largest absolute Gasteiger partial charge is 0.496 e. The van der Waals surface area contributed by atoms with Gasteiger partial charge in [-0.15, -0.1) is 0 Å². The molecule has 0 bridgehead atoms. The molecule has 1 aliphatic heterocycles. The summed E-state index contributed by atoms with van der Waals surface area (Å²) in [4.78, 5) is 0. The third kappa shape index (κ3) is 2.69. The first-order valence-corrected chi connectivity index (χ1v) is 6.73. The van der Waals surface area contributed by atoms with E-state index < -0.39 is 6.10 Å². The van der Waals surface area contributed by atoms with E-state index in [-0.39, 0.29) is 12.0 Å². The third-order valence-electron chi connectivity index (χ3n) is 3.83. The topological polar surface area (TPSA) is 47.9 Å². The van der Waals surface area contributed by atoms with Crippen molar-refractivity contribution in [2.45, 2.75) is 32.0 Å². The molecule has 0 aromatic heterocycles. The van der Waals surface area contributed by atoms with Crippen molar-refractivity contribution in [3.05, 3.63) is 23.8 Å². The average molecular weight is 266 g/mol. The molecule has 3 atom stereocenters. The predicted molar refractivity (Wildman–Crippen MR) is 72.6 cm³/mol. The smallest absolute Gasteiger partial charge is 0.128 e. The second kappa shape index (κ2) is 6.26. The van der Waals surface area contributed by atoms with Gasteiger partial charge in [0.1, 0.15) is 11.5 Å². The maximum Gasteiger partial charge on any atom is 0.128 e. The Hall–Kier alpha value is -1.26. The highest BCUT2D eigenvalue weighted by atomic mass is 16.5. The van der Waals surface area contributed by atoms with Crippen molar-refractivity contribution >= 4 is 0 Å². The highest BCUT2D eigenvalue weighted by Crippen LogP contribution is 2.42. The quantitative estimate of drug-likeness (QED) is 0.889. The standard InChI is InChI=1S/C15H22O4/c1-4-11-10(8-9-19-11)15(16)14-12(17-2)6-5-7-13(14)18-3/h5-7,10-11,15-16H,4,8-9H2,1-3H3. The molecule has 1 heterocycles. The lowest BCUT2D eigenvalue weighted by Crippen LogP contribution is -2.22. The fraction of sp³-hybridized carbons (Fsp3) is 0.600. The first-order chi connectivity index (χ1) is 9.22. The molecule has 4 heteroatoms. The minimum atomic E-state index is -0.626. The first-order valence-electron chi connectivity index (χ1n) is 6.73. The molecule has 0 spiro atoms. The molecule has 1 aromatic carbocycles. The minimum Gasteiger partial charge on any atom is -0.496 e. The molecule has 1 aromatic rings. The van der Waals surface area contributed by atoms with Crippen LogP contribution in [0.25, 0.3) is 0 Å². The molecule has 3 unspecified atom stereocenters. The van der Waals surface area contributed by atoms with Crippen LogP contribution in [-0.2, 0) is 4.74 Å². The van der Waals surface area contributed by atoms with Gasteiger partial charge in [0.2, 0.25) is 0 Å². The van der Waals surface area contributed by atoms with Gasteiger partial charge in [-0.1, -0.05) is 13.0 Å². The van der Waals surface area contributed by atoms with Crippen LogP contribution in [0.2, 0.25) is 0 Å². The first kappa shape index (κ1) is 14.2. The maximum atomic E-state index is 10.7. The number of benzene rings is 1. The summed E-state index contributed by atoms with van der Waals surface area (Å²) in [6.45, 7) is 2.78. The van der Waals surface area contributed by atoms with Crippen molar-refractivity contribution in [2.75, 3.05) is 20.8 Å². The molecule has 106 valence electrons. The molecule has 1 N–H and O–H groups in total. The lowest BCUT2D eigenvalue weighted by atomic mass is 9.88. The van der Waals surface area contributed by atoms with Gasteiger partial charge < -0.3 is 19.3 Å². The fourth-order valence-corrected chi connectivity index (χ4v) is 2.83. The van der Waals surface area contributed by atoms with E-state index >= 15 is 0 Å². The van der Waals surface area contributed by atoms with Crippen LogP contribution in [0.15, 0.2) is 18.2 Å². The molecule has 4 nitrogen and oxygen atoms in total. The molecular formula is C15H22O4. The number of methoxy groups -OCH3 is 2. The van der Waals surface area contributed by atoms with E-state index in [1.807, 2.05) is 18.2 Å². The Balaban J connectivity index is 2.34. The Labute approximate surface area is 114 Å². The van der Waals surface area contributed by atoms with Gasteiger partial charge in [0.25, 0.3) is 0 Å². The SMILES string of the molecule is CCC1OCCC1C(O)c1c(OC)cccc1OC. The van der Waals surface area contributed by atoms with Gasteiger partial charge >= 0.3 is 0 Å². The molecule has 0 aliphatic carbocycles. The molecule has 19 heavy (non-hydrogen) atoms. The molecular weight excluding hydrogens is 244 g/mol. The van der Waals surface area contributed by atoms with Crippen molar-refractivity contribution in [1.82, 2.24) is 0 Å². The van der Waals surface area contributed by atoms with Crippen molar-refractivity contribution in [3.63, 3.8) is 0 Å². The Bertz CT molecular complexity index is 396. The summed E-state index contributed by atoms with van der Waals surface area (Å²) in [5.74, 6) is 1.41. The predicted octanol–water partition coefficient (Wildman–Crippen LogP) is 2.55. The molecule has 1 aliphatic rings. The maximum absolute atomic E-state index is 10.7. The summed E-state index contributed by atoms with van der Waals surface area (Å²) in [7, 11) is 3.21. The van der Waals surface area contributed by atoms with E-state index in [1.165, 1.54) is 0 Å². The average Bonchev–Trinajstić information content (AvgIpc) is 2.93.